The van der Waals surface area contributed by atoms with E-state index in [2.05, 4.69) is 15.3 Å². The topological polar surface area (TPSA) is 58.1 Å². The van der Waals surface area contributed by atoms with E-state index in [1.807, 2.05) is 31.7 Å². The lowest BCUT2D eigenvalue weighted by atomic mass is 10.1. The molecule has 1 aromatic heterocycles. The lowest BCUT2D eigenvalue weighted by molar-refractivity contribution is -0.132. The maximum absolute atomic E-state index is 12.3. The van der Waals surface area contributed by atoms with Crippen molar-refractivity contribution in [3.63, 3.8) is 0 Å². The van der Waals surface area contributed by atoms with Crippen LogP contribution in [-0.2, 0) is 4.79 Å². The molecule has 1 fully saturated rings. The number of likely N-dealkylation sites (tertiary alicyclic amines) is 1. The number of piperidine rings is 1. The van der Waals surface area contributed by atoms with E-state index in [9.17, 15) is 4.79 Å². The van der Waals surface area contributed by atoms with E-state index in [4.69, 9.17) is 0 Å². The molecule has 1 aliphatic heterocycles. The van der Waals surface area contributed by atoms with E-state index in [0.29, 0.717) is 5.95 Å². The number of amides is 1. The monoisotopic (exact) mass is 262 g/mol. The number of nitrogens with zero attached hydrogens (tertiary/aromatic N) is 3. The van der Waals surface area contributed by atoms with Crippen LogP contribution in [0.4, 0.5) is 5.95 Å². The normalized spacial score (nSPS) is 17.1. The van der Waals surface area contributed by atoms with E-state index in [1.165, 1.54) is 6.42 Å². The van der Waals surface area contributed by atoms with Crippen LogP contribution in [0.25, 0.3) is 0 Å². The fraction of sp³-hybridized carbons (Fsp3) is 0.643. The molecule has 1 unspecified atom stereocenters. The maximum atomic E-state index is 12.3. The summed E-state index contributed by atoms with van der Waals surface area (Å²) >= 11 is 0. The van der Waals surface area contributed by atoms with Crippen molar-refractivity contribution in [2.75, 3.05) is 18.4 Å². The Hall–Kier alpha value is -1.65. The van der Waals surface area contributed by atoms with Gasteiger partial charge >= 0.3 is 0 Å². The van der Waals surface area contributed by atoms with Crippen molar-refractivity contribution in [3.05, 3.63) is 17.5 Å². The zero-order valence-corrected chi connectivity index (χ0v) is 11.9. The van der Waals surface area contributed by atoms with Crippen molar-refractivity contribution < 1.29 is 4.79 Å². The van der Waals surface area contributed by atoms with Gasteiger partial charge in [0.1, 0.15) is 6.04 Å². The van der Waals surface area contributed by atoms with Crippen molar-refractivity contribution in [1.82, 2.24) is 14.9 Å². The third kappa shape index (κ3) is 3.66. The van der Waals surface area contributed by atoms with E-state index < -0.39 is 0 Å². The minimum atomic E-state index is -0.278. The van der Waals surface area contributed by atoms with Gasteiger partial charge in [0.05, 0.1) is 0 Å². The van der Waals surface area contributed by atoms with Crippen molar-refractivity contribution in [1.29, 1.82) is 0 Å². The summed E-state index contributed by atoms with van der Waals surface area (Å²) in [6.45, 7) is 7.48. The minimum absolute atomic E-state index is 0.141. The van der Waals surface area contributed by atoms with Crippen molar-refractivity contribution in [3.8, 4) is 0 Å². The van der Waals surface area contributed by atoms with Crippen LogP contribution in [0, 0.1) is 13.8 Å². The number of rotatable bonds is 3. The van der Waals surface area contributed by atoms with Gasteiger partial charge in [-0.3, -0.25) is 4.79 Å². The standard InChI is InChI=1S/C14H22N4O/c1-10-9-11(2)16-14(15-10)17-12(3)13(19)18-7-5-4-6-8-18/h9,12H,4-8H2,1-3H3,(H,15,16,17). The highest BCUT2D eigenvalue weighted by atomic mass is 16.2. The molecule has 5 nitrogen and oxygen atoms in total. The highest BCUT2D eigenvalue weighted by molar-refractivity contribution is 5.83. The molecule has 1 aromatic rings. The van der Waals surface area contributed by atoms with E-state index >= 15 is 0 Å². The van der Waals surface area contributed by atoms with Gasteiger partial charge in [0, 0.05) is 24.5 Å². The molecule has 0 bridgehead atoms. The summed E-state index contributed by atoms with van der Waals surface area (Å²) in [5.74, 6) is 0.679. The lowest BCUT2D eigenvalue weighted by Crippen LogP contribution is -2.44. The van der Waals surface area contributed by atoms with Crippen LogP contribution in [0.1, 0.15) is 37.6 Å². The molecule has 0 aliphatic carbocycles. The first kappa shape index (κ1) is 13.8. The third-order valence-electron chi connectivity index (χ3n) is 3.37. The smallest absolute Gasteiger partial charge is 0.244 e. The fourth-order valence-electron chi connectivity index (χ4n) is 2.43. The Morgan fingerprint density at radius 3 is 2.37 bits per heavy atom. The lowest BCUT2D eigenvalue weighted by Gasteiger charge is -2.29. The zero-order chi connectivity index (χ0) is 13.8. The van der Waals surface area contributed by atoms with Crippen molar-refractivity contribution >= 4 is 11.9 Å². The maximum Gasteiger partial charge on any atom is 0.244 e. The molecule has 5 heteroatoms. The number of anilines is 1. The third-order valence-corrected chi connectivity index (χ3v) is 3.37. The second kappa shape index (κ2) is 5.99. The molecular formula is C14H22N4O. The Kier molecular flexibility index (Phi) is 4.35. The van der Waals surface area contributed by atoms with Crippen LogP contribution < -0.4 is 5.32 Å². The number of aryl methyl sites for hydroxylation is 2. The molecule has 2 heterocycles. The number of nitrogens with one attached hydrogen (secondary N) is 1. The predicted octanol–water partition coefficient (Wildman–Crippen LogP) is 1.91. The summed E-state index contributed by atoms with van der Waals surface area (Å²) in [6, 6.07) is 1.64. The molecular weight excluding hydrogens is 240 g/mol. The fourth-order valence-corrected chi connectivity index (χ4v) is 2.43. The van der Waals surface area contributed by atoms with Crippen LogP contribution in [0.5, 0.6) is 0 Å². The molecule has 1 amide bonds. The Balaban J connectivity index is 1.99. The van der Waals surface area contributed by atoms with Gasteiger partial charge in [0.2, 0.25) is 11.9 Å². The second-order valence-corrected chi connectivity index (χ2v) is 5.23. The van der Waals surface area contributed by atoms with Crippen molar-refractivity contribution in [2.45, 2.75) is 46.1 Å². The Morgan fingerprint density at radius 2 is 1.79 bits per heavy atom. The molecule has 2 rings (SSSR count). The van der Waals surface area contributed by atoms with Crippen LogP contribution in [0.3, 0.4) is 0 Å². The molecule has 1 aliphatic rings. The number of hydrogen-bond acceptors (Lipinski definition) is 4. The summed E-state index contributed by atoms with van der Waals surface area (Å²) in [6.07, 6.45) is 3.45. The Morgan fingerprint density at radius 1 is 1.21 bits per heavy atom. The summed E-state index contributed by atoms with van der Waals surface area (Å²) in [5.41, 5.74) is 1.82. The summed E-state index contributed by atoms with van der Waals surface area (Å²) in [4.78, 5) is 22.8. The molecule has 1 atom stereocenters. The molecule has 0 aromatic carbocycles. The molecule has 104 valence electrons. The molecule has 19 heavy (non-hydrogen) atoms. The van der Waals surface area contributed by atoms with Gasteiger partial charge in [0.25, 0.3) is 0 Å². The van der Waals surface area contributed by atoms with Gasteiger partial charge < -0.3 is 10.2 Å². The van der Waals surface area contributed by atoms with Gasteiger partial charge in [-0.05, 0) is 46.1 Å². The summed E-state index contributed by atoms with van der Waals surface area (Å²) in [5, 5.41) is 3.11. The van der Waals surface area contributed by atoms with Crippen molar-refractivity contribution in [2.24, 2.45) is 0 Å². The first-order valence-electron chi connectivity index (χ1n) is 6.94. The zero-order valence-electron chi connectivity index (χ0n) is 11.9. The predicted molar refractivity (Wildman–Crippen MR) is 75.0 cm³/mol. The highest BCUT2D eigenvalue weighted by Crippen LogP contribution is 2.12. The van der Waals surface area contributed by atoms with E-state index in [0.717, 1.165) is 37.3 Å². The quantitative estimate of drug-likeness (QED) is 0.904. The van der Waals surface area contributed by atoms with Crippen LogP contribution in [-0.4, -0.2) is 39.9 Å². The number of aromatic nitrogens is 2. The first-order valence-corrected chi connectivity index (χ1v) is 6.94. The van der Waals surface area contributed by atoms with Gasteiger partial charge in [-0.15, -0.1) is 0 Å². The molecule has 0 spiro atoms. The van der Waals surface area contributed by atoms with Gasteiger partial charge in [-0.2, -0.15) is 0 Å². The number of hydrogen-bond donors (Lipinski definition) is 1. The average molecular weight is 262 g/mol. The van der Waals surface area contributed by atoms with Crippen LogP contribution >= 0.6 is 0 Å². The van der Waals surface area contributed by atoms with Gasteiger partial charge in [0.15, 0.2) is 0 Å². The Bertz CT molecular complexity index is 435. The van der Waals surface area contributed by atoms with Gasteiger partial charge in [-0.25, -0.2) is 9.97 Å². The average Bonchev–Trinajstić information content (AvgIpc) is 2.37. The Labute approximate surface area is 114 Å². The molecule has 1 N–H and O–H groups in total. The number of carbonyl (C=O) groups is 1. The number of carbonyl (C=O) groups excluding carboxylic acids is 1. The SMILES string of the molecule is Cc1cc(C)nc(NC(C)C(=O)N2CCCCC2)n1. The highest BCUT2D eigenvalue weighted by Gasteiger charge is 2.22. The summed E-state index contributed by atoms with van der Waals surface area (Å²) < 4.78 is 0. The largest absolute Gasteiger partial charge is 0.343 e. The van der Waals surface area contributed by atoms with E-state index in [-0.39, 0.29) is 11.9 Å². The minimum Gasteiger partial charge on any atom is -0.343 e. The van der Waals surface area contributed by atoms with E-state index in [1.54, 1.807) is 0 Å². The molecule has 0 radical (unpaired) electrons. The van der Waals surface area contributed by atoms with Crippen LogP contribution in [0.2, 0.25) is 0 Å². The van der Waals surface area contributed by atoms with Gasteiger partial charge in [-0.1, -0.05) is 0 Å². The first-order chi connectivity index (χ1) is 9.06. The van der Waals surface area contributed by atoms with Crippen LogP contribution in [0.15, 0.2) is 6.07 Å². The second-order valence-electron chi connectivity index (χ2n) is 5.23. The summed E-state index contributed by atoms with van der Waals surface area (Å²) in [7, 11) is 0. The molecule has 0 saturated carbocycles. The molecule has 1 saturated heterocycles.